The summed E-state index contributed by atoms with van der Waals surface area (Å²) in [4.78, 5) is 4.39. The fourth-order valence-corrected chi connectivity index (χ4v) is 2.53. The largest absolute Gasteiger partial charge is 0.224 e. The zero-order chi connectivity index (χ0) is 6.81. The maximum Gasteiger partial charge on any atom is 0.133 e. The predicted octanol–water partition coefficient (Wildman–Crippen LogP) is 3.17. The van der Waals surface area contributed by atoms with Crippen LogP contribution in [0.25, 0.3) is 0 Å². The molecular weight excluding hydrogens is 182 g/mol. The molecule has 2 rings (SSSR count). The van der Waals surface area contributed by atoms with Crippen LogP contribution in [0.4, 0.5) is 5.00 Å². The van der Waals surface area contributed by atoms with E-state index in [1.165, 1.54) is 9.46 Å². The lowest BCUT2D eigenvalue weighted by molar-refractivity contribution is 1.67. The van der Waals surface area contributed by atoms with E-state index in [2.05, 4.69) is 4.99 Å². The number of rotatable bonds is 1. The Kier molecular flexibility index (Phi) is 2.02. The van der Waals surface area contributed by atoms with Gasteiger partial charge in [-0.25, -0.2) is 4.99 Å². The highest BCUT2D eigenvalue weighted by molar-refractivity contribution is 8.52. The van der Waals surface area contributed by atoms with Gasteiger partial charge < -0.3 is 0 Å². The Morgan fingerprint density at radius 2 is 2.30 bits per heavy atom. The lowest BCUT2D eigenvalue weighted by Gasteiger charge is -2.11. The van der Waals surface area contributed by atoms with Crippen LogP contribution in [-0.4, -0.2) is 9.46 Å². The van der Waals surface area contributed by atoms with Crippen molar-refractivity contribution in [1.82, 2.24) is 0 Å². The number of thiophene rings is 1. The monoisotopic (exact) mass is 187 g/mol. The lowest BCUT2D eigenvalue weighted by atomic mass is 10.6. The average molecular weight is 187 g/mol. The van der Waals surface area contributed by atoms with Crippen LogP contribution in [-0.2, 0) is 0 Å². The fourth-order valence-electron chi connectivity index (χ4n) is 0.600. The van der Waals surface area contributed by atoms with Crippen molar-refractivity contribution in [1.29, 1.82) is 0 Å². The molecule has 10 heavy (non-hydrogen) atoms. The maximum atomic E-state index is 4.39. The fraction of sp³-hybridized carbons (Fsp3) is 0.167. The minimum Gasteiger partial charge on any atom is -0.224 e. The van der Waals surface area contributed by atoms with Crippen molar-refractivity contribution in [3.8, 4) is 0 Å². The van der Waals surface area contributed by atoms with Gasteiger partial charge in [0.25, 0.3) is 0 Å². The van der Waals surface area contributed by atoms with E-state index in [1.54, 1.807) is 11.3 Å². The third-order valence-corrected chi connectivity index (χ3v) is 4.16. The molecule has 0 spiro atoms. The minimum absolute atomic E-state index is 1.12. The van der Waals surface area contributed by atoms with E-state index in [0.29, 0.717) is 0 Å². The zero-order valence-electron chi connectivity index (χ0n) is 5.11. The van der Waals surface area contributed by atoms with Crippen molar-refractivity contribution in [3.05, 3.63) is 17.5 Å². The SMILES string of the molecule is c1csc(N=C2SCS2)c1. The van der Waals surface area contributed by atoms with Crippen molar-refractivity contribution in [2.45, 2.75) is 0 Å². The Balaban J connectivity index is 2.15. The highest BCUT2D eigenvalue weighted by Crippen LogP contribution is 2.35. The van der Waals surface area contributed by atoms with Crippen molar-refractivity contribution in [2.75, 3.05) is 5.08 Å². The smallest absolute Gasteiger partial charge is 0.133 e. The summed E-state index contributed by atoms with van der Waals surface area (Å²) in [6.45, 7) is 0. The second kappa shape index (κ2) is 2.98. The molecule has 0 aliphatic carbocycles. The molecule has 1 aromatic rings. The molecule has 0 aromatic carbocycles. The van der Waals surface area contributed by atoms with Crippen molar-refractivity contribution < 1.29 is 0 Å². The highest BCUT2D eigenvalue weighted by Gasteiger charge is 2.11. The first-order valence-corrected chi connectivity index (χ1v) is 5.68. The number of nitrogens with zero attached hydrogens (tertiary/aromatic N) is 1. The summed E-state index contributed by atoms with van der Waals surface area (Å²) in [5.74, 6) is 0. The molecule has 0 bridgehead atoms. The van der Waals surface area contributed by atoms with E-state index in [-0.39, 0.29) is 0 Å². The zero-order valence-corrected chi connectivity index (χ0v) is 7.56. The van der Waals surface area contributed by atoms with Crippen LogP contribution in [0, 0.1) is 0 Å². The molecule has 1 aromatic heterocycles. The molecule has 0 amide bonds. The van der Waals surface area contributed by atoms with Crippen LogP contribution in [0.2, 0.25) is 0 Å². The number of aliphatic imine (C=N–C) groups is 1. The standard InChI is InChI=1S/C6H5NS3/c1-2-5(8-3-1)7-6-9-4-10-6/h1-3H,4H2. The summed E-state index contributed by atoms with van der Waals surface area (Å²) in [7, 11) is 0. The maximum absolute atomic E-state index is 4.39. The van der Waals surface area contributed by atoms with Gasteiger partial charge in [-0.1, -0.05) is 23.5 Å². The summed E-state index contributed by atoms with van der Waals surface area (Å²) in [6.07, 6.45) is 0. The molecule has 0 atom stereocenters. The first-order valence-electron chi connectivity index (χ1n) is 2.83. The highest BCUT2D eigenvalue weighted by atomic mass is 32.3. The predicted molar refractivity (Wildman–Crippen MR) is 51.5 cm³/mol. The summed E-state index contributed by atoms with van der Waals surface area (Å²) in [5.41, 5.74) is 0. The van der Waals surface area contributed by atoms with Crippen molar-refractivity contribution in [3.63, 3.8) is 0 Å². The average Bonchev–Trinajstić information content (AvgIpc) is 2.29. The first kappa shape index (κ1) is 6.76. The number of hydrogen-bond donors (Lipinski definition) is 0. The van der Waals surface area contributed by atoms with Crippen LogP contribution in [0.3, 0.4) is 0 Å². The van der Waals surface area contributed by atoms with Gasteiger partial charge in [-0.05, 0) is 17.5 Å². The second-order valence-corrected chi connectivity index (χ2v) is 5.21. The Morgan fingerprint density at radius 1 is 1.40 bits per heavy atom. The molecule has 2 heterocycles. The van der Waals surface area contributed by atoms with E-state index in [4.69, 9.17) is 0 Å². The Morgan fingerprint density at radius 3 is 2.80 bits per heavy atom. The summed E-state index contributed by atoms with van der Waals surface area (Å²) >= 11 is 5.33. The molecule has 1 saturated heterocycles. The summed E-state index contributed by atoms with van der Waals surface area (Å²) < 4.78 is 1.21. The second-order valence-electron chi connectivity index (χ2n) is 1.74. The van der Waals surface area contributed by atoms with Crippen molar-refractivity contribution in [2.24, 2.45) is 4.99 Å². The van der Waals surface area contributed by atoms with Gasteiger partial charge in [-0.2, -0.15) is 0 Å². The van der Waals surface area contributed by atoms with Gasteiger partial charge in [-0.3, -0.25) is 0 Å². The number of hydrogen-bond acceptors (Lipinski definition) is 4. The molecule has 0 unspecified atom stereocenters. The van der Waals surface area contributed by atoms with Crippen LogP contribution in [0.5, 0.6) is 0 Å². The van der Waals surface area contributed by atoms with E-state index < -0.39 is 0 Å². The topological polar surface area (TPSA) is 12.4 Å². The first-order chi connectivity index (χ1) is 4.95. The quantitative estimate of drug-likeness (QED) is 0.669. The molecule has 52 valence electrons. The van der Waals surface area contributed by atoms with E-state index in [9.17, 15) is 0 Å². The molecular formula is C6H5NS3. The molecule has 1 aliphatic rings. The Hall–Kier alpha value is 0.0700. The van der Waals surface area contributed by atoms with Gasteiger partial charge in [0.1, 0.15) is 9.38 Å². The molecule has 1 aliphatic heterocycles. The van der Waals surface area contributed by atoms with E-state index in [1.807, 2.05) is 41.0 Å². The van der Waals surface area contributed by atoms with Gasteiger partial charge in [0, 0.05) is 0 Å². The summed E-state index contributed by atoms with van der Waals surface area (Å²) in [6, 6.07) is 4.06. The van der Waals surface area contributed by atoms with Crippen molar-refractivity contribution >= 4 is 44.2 Å². The third kappa shape index (κ3) is 1.38. The van der Waals surface area contributed by atoms with Gasteiger partial charge in [0.2, 0.25) is 0 Å². The molecule has 1 nitrogen and oxygen atoms in total. The van der Waals surface area contributed by atoms with E-state index in [0.717, 1.165) is 5.00 Å². The molecule has 0 saturated carbocycles. The molecule has 0 radical (unpaired) electrons. The minimum atomic E-state index is 1.12. The Labute approximate surface area is 71.9 Å². The number of thioether (sulfide) groups is 2. The van der Waals surface area contributed by atoms with Crippen LogP contribution in [0.15, 0.2) is 22.5 Å². The van der Waals surface area contributed by atoms with Gasteiger partial charge in [0.15, 0.2) is 0 Å². The van der Waals surface area contributed by atoms with Crippen LogP contribution < -0.4 is 0 Å². The van der Waals surface area contributed by atoms with Crippen LogP contribution >= 0.6 is 34.9 Å². The normalized spacial score (nSPS) is 16.6. The summed E-state index contributed by atoms with van der Waals surface area (Å²) in [5, 5.41) is 4.34. The molecule has 1 fully saturated rings. The third-order valence-electron chi connectivity index (χ3n) is 1.07. The van der Waals surface area contributed by atoms with Crippen LogP contribution in [0.1, 0.15) is 0 Å². The molecule has 0 N–H and O–H groups in total. The van der Waals surface area contributed by atoms with E-state index >= 15 is 0 Å². The van der Waals surface area contributed by atoms with Gasteiger partial charge >= 0.3 is 0 Å². The lowest BCUT2D eigenvalue weighted by Crippen LogP contribution is -1.96. The van der Waals surface area contributed by atoms with Gasteiger partial charge in [0.05, 0.1) is 5.08 Å². The Bertz CT molecular complexity index is 234. The van der Waals surface area contributed by atoms with Gasteiger partial charge in [-0.15, -0.1) is 11.3 Å². The molecule has 4 heteroatoms.